The summed E-state index contributed by atoms with van der Waals surface area (Å²) in [4.78, 5) is 14.6. The van der Waals surface area contributed by atoms with Gasteiger partial charge in [0.25, 0.3) is 0 Å². The van der Waals surface area contributed by atoms with Crippen molar-refractivity contribution in [1.82, 2.24) is 19.5 Å². The number of furan rings is 1. The molecule has 0 aliphatic carbocycles. The Morgan fingerprint density at radius 2 is 1.38 bits per heavy atom. The van der Waals surface area contributed by atoms with E-state index in [0.29, 0.717) is 11.6 Å². The van der Waals surface area contributed by atoms with Gasteiger partial charge in [-0.2, -0.15) is 0 Å². The quantitative estimate of drug-likeness (QED) is 0.107. The van der Waals surface area contributed by atoms with E-state index in [1.54, 1.807) is 0 Å². The van der Waals surface area contributed by atoms with Crippen molar-refractivity contribution in [3.8, 4) is 39.5 Å². The zero-order valence-electron chi connectivity index (χ0n) is 39.7. The molecule has 0 amide bonds. The number of aryl methyl sites for hydroxylation is 1. The van der Waals surface area contributed by atoms with Gasteiger partial charge >= 0.3 is 0 Å². The Balaban J connectivity index is 0.000000238. The van der Waals surface area contributed by atoms with Crippen LogP contribution in [0.5, 0.6) is 0 Å². The van der Waals surface area contributed by atoms with Crippen LogP contribution in [0.15, 0.2) is 144 Å². The predicted molar refractivity (Wildman–Crippen MR) is 276 cm³/mol. The second-order valence-corrected chi connectivity index (χ2v) is 24.5. The molecule has 335 valence electrons. The summed E-state index contributed by atoms with van der Waals surface area (Å²) in [6, 6.07) is 53.8. The van der Waals surface area contributed by atoms with Crippen LogP contribution in [0, 0.1) is 25.0 Å². The average Bonchev–Trinajstić information content (AvgIpc) is 3.86. The first-order valence-corrected chi connectivity index (χ1v) is 26.6. The Morgan fingerprint density at radius 1 is 0.667 bits per heavy atom. The molecule has 0 atom stereocenters. The van der Waals surface area contributed by atoms with Gasteiger partial charge in [0.2, 0.25) is 5.71 Å². The largest absolute Gasteiger partial charge is 0.486 e. The van der Waals surface area contributed by atoms with E-state index in [2.05, 4.69) is 192 Å². The molecular formula is C59H58IrN4OSi-2. The van der Waals surface area contributed by atoms with Crippen LogP contribution >= 0.6 is 0 Å². The zero-order valence-corrected chi connectivity index (χ0v) is 43.1. The van der Waals surface area contributed by atoms with Gasteiger partial charge in [0.1, 0.15) is 0 Å². The van der Waals surface area contributed by atoms with E-state index >= 15 is 0 Å². The van der Waals surface area contributed by atoms with Crippen molar-refractivity contribution in [1.29, 1.82) is 0 Å². The monoisotopic (exact) mass is 1060 g/mol. The zero-order chi connectivity index (χ0) is 45.6. The minimum absolute atomic E-state index is 0. The predicted octanol–water partition coefficient (Wildman–Crippen LogP) is 15.5. The molecule has 66 heavy (non-hydrogen) atoms. The summed E-state index contributed by atoms with van der Waals surface area (Å²) in [5.74, 6) is 2.02. The summed E-state index contributed by atoms with van der Waals surface area (Å²) in [6.07, 6.45) is 3.24. The number of pyridine rings is 2. The summed E-state index contributed by atoms with van der Waals surface area (Å²) in [5.41, 5.74) is 15.0. The van der Waals surface area contributed by atoms with Gasteiger partial charge in [0.15, 0.2) is 0 Å². The number of benzene rings is 6. The van der Waals surface area contributed by atoms with Crippen molar-refractivity contribution in [2.45, 2.75) is 86.4 Å². The molecule has 6 aromatic carbocycles. The smallest absolute Gasteiger partial charge is 0.216 e. The van der Waals surface area contributed by atoms with E-state index in [9.17, 15) is 0 Å². The van der Waals surface area contributed by atoms with Crippen LogP contribution in [-0.2, 0) is 26.5 Å². The van der Waals surface area contributed by atoms with E-state index in [1.165, 1.54) is 49.5 Å². The Bertz CT molecular complexity index is 3310. The normalized spacial score (nSPS) is 11.8. The summed E-state index contributed by atoms with van der Waals surface area (Å²) >= 11 is 0. The molecule has 5 nitrogen and oxygen atoms in total. The molecule has 0 aliphatic rings. The van der Waals surface area contributed by atoms with Gasteiger partial charge in [-0.05, 0) is 117 Å². The molecule has 0 unspecified atom stereocenters. The first kappa shape index (κ1) is 46.5. The molecule has 4 aromatic heterocycles. The van der Waals surface area contributed by atoms with Crippen LogP contribution in [0.3, 0.4) is 0 Å². The number of hydrogen-bond donors (Lipinski definition) is 0. The Kier molecular flexibility index (Phi) is 13.5. The van der Waals surface area contributed by atoms with Gasteiger partial charge in [-0.1, -0.05) is 132 Å². The SMILES string of the molecule is CC(C)Cc1cc(-c2[c-]cccc2)ncc1[Si](C)(C)C.Cc1ccc2c(n1)oc1c(-c3nc4ccccc4n3-c3c(C(C)C)cc(-c4ccc5ccccc5c4)cc3C(C)C)[c-]ccc12.[Ir]. The molecule has 7 heteroatoms. The van der Waals surface area contributed by atoms with Crippen LogP contribution in [0.25, 0.3) is 83.3 Å². The van der Waals surface area contributed by atoms with E-state index in [0.717, 1.165) is 62.1 Å². The molecule has 10 rings (SSSR count). The maximum absolute atomic E-state index is 6.48. The molecule has 0 bridgehead atoms. The van der Waals surface area contributed by atoms with Crippen molar-refractivity contribution in [2.24, 2.45) is 5.92 Å². The minimum atomic E-state index is -1.34. The van der Waals surface area contributed by atoms with Crippen molar-refractivity contribution in [2.75, 3.05) is 0 Å². The number of fused-ring (bicyclic) bond motifs is 5. The minimum Gasteiger partial charge on any atom is -0.486 e. The first-order valence-electron chi connectivity index (χ1n) is 23.1. The molecular weight excluding hydrogens is 1000 g/mol. The molecule has 0 saturated carbocycles. The van der Waals surface area contributed by atoms with Gasteiger partial charge in [0, 0.05) is 43.1 Å². The maximum Gasteiger partial charge on any atom is 0.216 e. The van der Waals surface area contributed by atoms with Crippen LogP contribution in [-0.4, -0.2) is 27.6 Å². The van der Waals surface area contributed by atoms with Crippen molar-refractivity contribution in [3.63, 3.8) is 0 Å². The Labute approximate surface area is 404 Å². The Morgan fingerprint density at radius 3 is 2.08 bits per heavy atom. The van der Waals surface area contributed by atoms with Crippen molar-refractivity contribution < 1.29 is 24.5 Å². The molecule has 0 aliphatic heterocycles. The molecule has 10 aromatic rings. The third-order valence-electron chi connectivity index (χ3n) is 12.4. The number of hydrogen-bond acceptors (Lipinski definition) is 4. The third-order valence-corrected chi connectivity index (χ3v) is 14.4. The van der Waals surface area contributed by atoms with Gasteiger partial charge in [-0.15, -0.1) is 54.1 Å². The Hall–Kier alpha value is -5.98. The van der Waals surface area contributed by atoms with Gasteiger partial charge in [0.05, 0.1) is 30.5 Å². The summed E-state index contributed by atoms with van der Waals surface area (Å²) in [5, 5.41) is 6.01. The number of rotatable bonds is 9. The summed E-state index contributed by atoms with van der Waals surface area (Å²) in [7, 11) is -1.34. The average molecular weight is 1060 g/mol. The van der Waals surface area contributed by atoms with E-state index in [-0.39, 0.29) is 31.9 Å². The van der Waals surface area contributed by atoms with Crippen molar-refractivity contribution >= 4 is 57.1 Å². The molecule has 0 N–H and O–H groups in total. The number of nitrogens with zero attached hydrogens (tertiary/aromatic N) is 4. The second-order valence-electron chi connectivity index (χ2n) is 19.5. The van der Waals surface area contributed by atoms with Crippen LogP contribution in [0.4, 0.5) is 0 Å². The van der Waals surface area contributed by atoms with Crippen LogP contribution in [0.1, 0.15) is 75.8 Å². The number of imidazole rings is 1. The third kappa shape index (κ3) is 9.22. The molecule has 0 fully saturated rings. The molecule has 0 spiro atoms. The van der Waals surface area contributed by atoms with E-state index in [1.807, 2.05) is 37.3 Å². The molecule has 1 radical (unpaired) electrons. The topological polar surface area (TPSA) is 56.7 Å². The maximum atomic E-state index is 6.48. The number of para-hydroxylation sites is 2. The van der Waals surface area contributed by atoms with Gasteiger partial charge in [-0.3, -0.25) is 4.98 Å². The van der Waals surface area contributed by atoms with Gasteiger partial charge in [-0.25, -0.2) is 4.98 Å². The van der Waals surface area contributed by atoms with E-state index in [4.69, 9.17) is 14.4 Å². The molecule has 4 heterocycles. The van der Waals surface area contributed by atoms with Crippen molar-refractivity contribution in [3.05, 3.63) is 174 Å². The van der Waals surface area contributed by atoms with E-state index < -0.39 is 8.07 Å². The fraction of sp³-hybridized carbons (Fsp3) is 0.237. The molecule has 0 saturated heterocycles. The standard InChI is InChI=1S/C41H34N3O.C18H24NSi.Ir/c1-24(2)34-22-30(29-19-18-27-11-6-7-12-28(27)21-29)23-35(25(3)4)38(34)44-37-16-9-8-15-36(37)43-40(44)33-14-10-13-31-32-20-17-26(5)42-41(32)45-39(31)33;1-14(2)11-16-12-17(15-9-7-6-8-10-15)19-13-18(16)20(3,4)5;/h6-13,15-25H,1-5H3;6-9,12-14H,11H2,1-5H3;/q2*-1;. The van der Waals surface area contributed by atoms with Crippen LogP contribution < -0.4 is 5.19 Å². The fourth-order valence-corrected chi connectivity index (χ4v) is 10.7. The second kappa shape index (κ2) is 19.1. The first-order chi connectivity index (χ1) is 31.2. The fourth-order valence-electron chi connectivity index (χ4n) is 9.14. The summed E-state index contributed by atoms with van der Waals surface area (Å²) < 4.78 is 8.83. The summed E-state index contributed by atoms with van der Waals surface area (Å²) in [6.45, 7) is 22.9. The van der Waals surface area contributed by atoms with Crippen LogP contribution in [0.2, 0.25) is 19.6 Å². The van der Waals surface area contributed by atoms with Gasteiger partial charge < -0.3 is 14.0 Å². The number of aromatic nitrogens is 4.